The summed E-state index contributed by atoms with van der Waals surface area (Å²) in [6, 6.07) is 7.70. The highest BCUT2D eigenvalue weighted by atomic mass is 32.2. The Kier molecular flexibility index (Phi) is 6.40. The van der Waals surface area contributed by atoms with Gasteiger partial charge in [-0.2, -0.15) is 5.10 Å². The number of aryl methyl sites for hydroxylation is 1. The summed E-state index contributed by atoms with van der Waals surface area (Å²) in [7, 11) is 0. The molecule has 0 spiro atoms. The number of amides is 1. The van der Waals surface area contributed by atoms with E-state index in [9.17, 15) is 9.18 Å². The predicted molar refractivity (Wildman–Crippen MR) is 106 cm³/mol. The molecule has 2 aromatic heterocycles. The molecule has 0 radical (unpaired) electrons. The molecular weight excluding hydrogens is 387 g/mol. The third-order valence-electron chi connectivity index (χ3n) is 3.43. The van der Waals surface area contributed by atoms with Crippen LogP contribution in [0.1, 0.15) is 19.0 Å². The second kappa shape index (κ2) is 8.96. The predicted octanol–water partition coefficient (Wildman–Crippen LogP) is 3.72. The maximum atomic E-state index is 13.1. The van der Waals surface area contributed by atoms with Crippen LogP contribution in [0, 0.1) is 12.7 Å². The maximum Gasteiger partial charge on any atom is 0.235 e. The SMILES string of the molecule is CCCNc1nnc(SCC(=O)Nc2cc(C)nn2-c2ccc(F)cc2)s1. The molecular formula is C17H19FN6OS2. The molecule has 0 saturated carbocycles. The number of hydrogen-bond donors (Lipinski definition) is 2. The monoisotopic (exact) mass is 406 g/mol. The average Bonchev–Trinajstić information content (AvgIpc) is 3.25. The molecule has 0 unspecified atom stereocenters. The Hall–Kier alpha value is -2.46. The molecule has 3 rings (SSSR count). The summed E-state index contributed by atoms with van der Waals surface area (Å²) in [4.78, 5) is 12.3. The van der Waals surface area contributed by atoms with Gasteiger partial charge in [-0.15, -0.1) is 10.2 Å². The molecule has 0 atom stereocenters. The molecule has 27 heavy (non-hydrogen) atoms. The molecule has 142 valence electrons. The summed E-state index contributed by atoms with van der Waals surface area (Å²) >= 11 is 2.75. The van der Waals surface area contributed by atoms with Crippen LogP contribution in [0.4, 0.5) is 15.3 Å². The highest BCUT2D eigenvalue weighted by Crippen LogP contribution is 2.25. The molecule has 2 N–H and O–H groups in total. The fourth-order valence-corrected chi connectivity index (χ4v) is 3.82. The van der Waals surface area contributed by atoms with Crippen molar-refractivity contribution in [3.05, 3.63) is 41.8 Å². The van der Waals surface area contributed by atoms with Crippen LogP contribution in [0.5, 0.6) is 0 Å². The Labute approximate surface area is 164 Å². The Morgan fingerprint density at radius 2 is 2.07 bits per heavy atom. The van der Waals surface area contributed by atoms with Gasteiger partial charge in [-0.1, -0.05) is 30.0 Å². The van der Waals surface area contributed by atoms with E-state index >= 15 is 0 Å². The van der Waals surface area contributed by atoms with Crippen molar-refractivity contribution in [1.82, 2.24) is 20.0 Å². The number of anilines is 2. The quantitative estimate of drug-likeness (QED) is 0.555. The van der Waals surface area contributed by atoms with Gasteiger partial charge in [-0.3, -0.25) is 4.79 Å². The number of halogens is 1. The average molecular weight is 407 g/mol. The van der Waals surface area contributed by atoms with Gasteiger partial charge in [0, 0.05) is 12.6 Å². The van der Waals surface area contributed by atoms with Crippen LogP contribution in [0.3, 0.4) is 0 Å². The molecule has 2 heterocycles. The molecule has 0 aliphatic rings. The molecule has 10 heteroatoms. The van der Waals surface area contributed by atoms with E-state index in [1.807, 2.05) is 6.92 Å². The van der Waals surface area contributed by atoms with Gasteiger partial charge in [0.2, 0.25) is 11.0 Å². The lowest BCUT2D eigenvalue weighted by atomic mass is 10.3. The van der Waals surface area contributed by atoms with Gasteiger partial charge < -0.3 is 10.6 Å². The fraction of sp³-hybridized carbons (Fsp3) is 0.294. The van der Waals surface area contributed by atoms with Gasteiger partial charge in [0.15, 0.2) is 4.34 Å². The van der Waals surface area contributed by atoms with Crippen LogP contribution >= 0.6 is 23.1 Å². The van der Waals surface area contributed by atoms with Gasteiger partial charge in [-0.05, 0) is 37.6 Å². The molecule has 0 aliphatic heterocycles. The number of nitrogens with one attached hydrogen (secondary N) is 2. The van der Waals surface area contributed by atoms with Crippen molar-refractivity contribution in [3.63, 3.8) is 0 Å². The number of nitrogens with zero attached hydrogens (tertiary/aromatic N) is 4. The van der Waals surface area contributed by atoms with Crippen LogP contribution in [-0.4, -0.2) is 38.2 Å². The molecule has 7 nitrogen and oxygen atoms in total. The first-order valence-corrected chi connectivity index (χ1v) is 10.2. The van der Waals surface area contributed by atoms with Crippen LogP contribution in [-0.2, 0) is 4.79 Å². The number of benzene rings is 1. The second-order valence-corrected chi connectivity index (χ2v) is 7.90. The normalized spacial score (nSPS) is 10.8. The minimum absolute atomic E-state index is 0.179. The van der Waals surface area contributed by atoms with E-state index in [0.29, 0.717) is 11.5 Å². The Morgan fingerprint density at radius 1 is 1.30 bits per heavy atom. The lowest BCUT2D eigenvalue weighted by Crippen LogP contribution is -2.16. The van der Waals surface area contributed by atoms with Crippen molar-refractivity contribution < 1.29 is 9.18 Å². The summed E-state index contributed by atoms with van der Waals surface area (Å²) in [5.41, 5.74) is 1.42. The molecule has 3 aromatic rings. The number of rotatable bonds is 8. The lowest BCUT2D eigenvalue weighted by Gasteiger charge is -2.08. The zero-order valence-electron chi connectivity index (χ0n) is 14.9. The van der Waals surface area contributed by atoms with E-state index in [1.54, 1.807) is 22.9 Å². The molecule has 0 fully saturated rings. The number of hydrogen-bond acceptors (Lipinski definition) is 7. The number of aromatic nitrogens is 4. The highest BCUT2D eigenvalue weighted by molar-refractivity contribution is 8.01. The first-order chi connectivity index (χ1) is 13.0. The number of carbonyl (C=O) groups excluding carboxylic acids is 1. The smallest absolute Gasteiger partial charge is 0.235 e. The minimum Gasteiger partial charge on any atom is -0.360 e. The highest BCUT2D eigenvalue weighted by Gasteiger charge is 2.13. The molecule has 0 bridgehead atoms. The van der Waals surface area contributed by atoms with Gasteiger partial charge in [0.1, 0.15) is 11.6 Å². The Balaban J connectivity index is 1.61. The second-order valence-electron chi connectivity index (χ2n) is 5.70. The third-order valence-corrected chi connectivity index (χ3v) is 5.44. The summed E-state index contributed by atoms with van der Waals surface area (Å²) in [5, 5.41) is 19.2. The first kappa shape index (κ1) is 19.3. The first-order valence-electron chi connectivity index (χ1n) is 8.38. The van der Waals surface area contributed by atoms with Crippen LogP contribution in [0.15, 0.2) is 34.7 Å². The largest absolute Gasteiger partial charge is 0.360 e. The van der Waals surface area contributed by atoms with Gasteiger partial charge >= 0.3 is 0 Å². The molecule has 0 saturated heterocycles. The van der Waals surface area contributed by atoms with Crippen molar-refractivity contribution in [2.75, 3.05) is 22.9 Å². The fourth-order valence-electron chi connectivity index (χ4n) is 2.25. The van der Waals surface area contributed by atoms with Crippen LogP contribution < -0.4 is 10.6 Å². The van der Waals surface area contributed by atoms with E-state index in [0.717, 1.165) is 28.1 Å². The zero-order chi connectivity index (χ0) is 19.2. The summed E-state index contributed by atoms with van der Waals surface area (Å²) in [6.07, 6.45) is 1.01. The van der Waals surface area contributed by atoms with Crippen molar-refractivity contribution in [1.29, 1.82) is 0 Å². The van der Waals surface area contributed by atoms with Crippen molar-refractivity contribution >= 4 is 40.0 Å². The Bertz CT molecular complexity index is 909. The van der Waals surface area contributed by atoms with Gasteiger partial charge in [-0.25, -0.2) is 9.07 Å². The zero-order valence-corrected chi connectivity index (χ0v) is 16.5. The molecule has 0 aliphatic carbocycles. The Morgan fingerprint density at radius 3 is 2.81 bits per heavy atom. The van der Waals surface area contributed by atoms with Crippen molar-refractivity contribution in [2.24, 2.45) is 0 Å². The maximum absolute atomic E-state index is 13.1. The molecule has 1 amide bonds. The van der Waals surface area contributed by atoms with E-state index in [2.05, 4.69) is 32.9 Å². The van der Waals surface area contributed by atoms with Gasteiger partial charge in [0.25, 0.3) is 0 Å². The lowest BCUT2D eigenvalue weighted by molar-refractivity contribution is -0.113. The summed E-state index contributed by atoms with van der Waals surface area (Å²) < 4.78 is 15.4. The van der Waals surface area contributed by atoms with E-state index in [-0.39, 0.29) is 17.5 Å². The third kappa shape index (κ3) is 5.27. The van der Waals surface area contributed by atoms with Crippen LogP contribution in [0.25, 0.3) is 5.69 Å². The number of carbonyl (C=O) groups is 1. The summed E-state index contributed by atoms with van der Waals surface area (Å²) in [5.74, 6) is 0.235. The van der Waals surface area contributed by atoms with E-state index < -0.39 is 0 Å². The topological polar surface area (TPSA) is 84.7 Å². The van der Waals surface area contributed by atoms with Gasteiger partial charge in [0.05, 0.1) is 17.1 Å². The van der Waals surface area contributed by atoms with E-state index in [1.165, 1.54) is 35.2 Å². The standard InChI is InChI=1S/C17H19FN6OS2/c1-3-8-19-16-21-22-17(27-16)26-10-15(25)20-14-9-11(2)23-24(14)13-6-4-12(18)5-7-13/h4-7,9H,3,8,10H2,1-2H3,(H,19,21)(H,20,25). The number of thioether (sulfide) groups is 1. The minimum atomic E-state index is -0.325. The van der Waals surface area contributed by atoms with Crippen molar-refractivity contribution in [2.45, 2.75) is 24.6 Å². The van der Waals surface area contributed by atoms with E-state index in [4.69, 9.17) is 0 Å². The van der Waals surface area contributed by atoms with Crippen LogP contribution in [0.2, 0.25) is 0 Å². The molecule has 1 aromatic carbocycles. The summed E-state index contributed by atoms with van der Waals surface area (Å²) in [6.45, 7) is 4.75. The van der Waals surface area contributed by atoms with Crippen molar-refractivity contribution in [3.8, 4) is 5.69 Å².